The van der Waals surface area contributed by atoms with Gasteiger partial charge in [0.25, 0.3) is 5.76 Å². The van der Waals surface area contributed by atoms with E-state index < -0.39 is 23.1 Å². The summed E-state index contributed by atoms with van der Waals surface area (Å²) in [5.41, 5.74) is 0.741. The molecule has 0 aliphatic carbocycles. The lowest BCUT2D eigenvalue weighted by Crippen LogP contribution is -3.10. The van der Waals surface area contributed by atoms with Crippen LogP contribution < -0.4 is 15.1 Å². The number of quaternary nitrogens is 1. The first kappa shape index (κ1) is 26.3. The molecule has 5 nitrogen and oxygen atoms in total. The van der Waals surface area contributed by atoms with Crippen LogP contribution in [0.4, 0.5) is 13.2 Å². The van der Waals surface area contributed by atoms with E-state index in [9.17, 15) is 23.1 Å². The molecule has 0 saturated carbocycles. The largest absolute Gasteiger partial charge is 0.507 e. The van der Waals surface area contributed by atoms with Crippen LogP contribution in [0.3, 0.4) is 0 Å². The smallest absolute Gasteiger partial charge is 0.453 e. The topological polar surface area (TPSA) is 64.1 Å². The Morgan fingerprint density at radius 2 is 1.51 bits per heavy atom. The Bertz CT molecular complexity index is 1410. The second-order valence-corrected chi connectivity index (χ2v) is 8.95. The molecule has 194 valence electrons. The number of ether oxygens (including phenoxy) is 1. The van der Waals surface area contributed by atoms with Gasteiger partial charge in [-0.25, -0.2) is 0 Å². The van der Waals surface area contributed by atoms with Gasteiger partial charge >= 0.3 is 6.18 Å². The fraction of sp³-hybridized carbons (Fsp3) is 0.276. The lowest BCUT2D eigenvalue weighted by Gasteiger charge is -2.20. The molecule has 0 aliphatic rings. The Labute approximate surface area is 212 Å². The molecule has 0 amide bonds. The molecule has 4 aromatic rings. The Hall–Kier alpha value is -3.78. The number of phenols is 1. The number of benzene rings is 3. The maximum Gasteiger partial charge on any atom is 0.453 e. The molecule has 3 aromatic carbocycles. The second-order valence-electron chi connectivity index (χ2n) is 8.95. The van der Waals surface area contributed by atoms with Gasteiger partial charge in [-0.15, -0.1) is 0 Å². The van der Waals surface area contributed by atoms with Crippen molar-refractivity contribution in [3.63, 3.8) is 0 Å². The van der Waals surface area contributed by atoms with E-state index in [1.54, 1.807) is 12.1 Å². The number of nitrogens with one attached hydrogen (secondary N) is 1. The van der Waals surface area contributed by atoms with Crippen LogP contribution in [-0.2, 0) is 12.7 Å². The van der Waals surface area contributed by atoms with Crippen molar-refractivity contribution in [3.05, 3.63) is 88.3 Å². The first-order valence-corrected chi connectivity index (χ1v) is 12.3. The van der Waals surface area contributed by atoms with Gasteiger partial charge in [0, 0.05) is 0 Å². The summed E-state index contributed by atoms with van der Waals surface area (Å²) in [4.78, 5) is 14.4. The van der Waals surface area contributed by atoms with E-state index in [2.05, 4.69) is 0 Å². The Morgan fingerprint density at radius 1 is 0.892 bits per heavy atom. The molecule has 0 atom stereocenters. The lowest BCUT2D eigenvalue weighted by molar-refractivity contribution is -0.913. The second kappa shape index (κ2) is 11.1. The van der Waals surface area contributed by atoms with Crippen molar-refractivity contribution in [2.24, 2.45) is 0 Å². The molecule has 0 unspecified atom stereocenters. The third-order valence-corrected chi connectivity index (χ3v) is 6.17. The minimum absolute atomic E-state index is 0.0670. The molecule has 8 heteroatoms. The van der Waals surface area contributed by atoms with E-state index >= 15 is 0 Å². The molecule has 0 fully saturated rings. The van der Waals surface area contributed by atoms with Crippen molar-refractivity contribution in [1.29, 1.82) is 0 Å². The monoisotopic (exact) mass is 512 g/mol. The van der Waals surface area contributed by atoms with E-state index in [-0.39, 0.29) is 34.6 Å². The van der Waals surface area contributed by atoms with Crippen LogP contribution in [-0.4, -0.2) is 18.2 Å². The van der Waals surface area contributed by atoms with Crippen molar-refractivity contribution in [2.75, 3.05) is 13.1 Å². The molecule has 1 heterocycles. The van der Waals surface area contributed by atoms with E-state index in [4.69, 9.17) is 9.15 Å². The summed E-state index contributed by atoms with van der Waals surface area (Å²) in [7, 11) is 0. The summed E-state index contributed by atoms with van der Waals surface area (Å²) >= 11 is 0. The highest BCUT2D eigenvalue weighted by atomic mass is 19.4. The molecule has 0 saturated heterocycles. The van der Waals surface area contributed by atoms with Crippen molar-refractivity contribution < 1.29 is 32.3 Å². The van der Waals surface area contributed by atoms with Crippen molar-refractivity contribution in [3.8, 4) is 28.4 Å². The molecule has 1 aromatic heterocycles. The highest BCUT2D eigenvalue weighted by Crippen LogP contribution is 2.40. The summed E-state index contributed by atoms with van der Waals surface area (Å²) in [6.07, 6.45) is -3.27. The van der Waals surface area contributed by atoms with Crippen LogP contribution in [0.25, 0.3) is 22.1 Å². The zero-order chi connectivity index (χ0) is 26.6. The van der Waals surface area contributed by atoms with Crippen LogP contribution in [0.15, 0.2) is 75.9 Å². The number of hydrogen-bond donors (Lipinski definition) is 2. The SMILES string of the molecule is CCC[NH+](CCC)Cc1c(O)ccc2c(=O)c(Oc3ccc(-c4ccccc4)cc3)c(C(F)(F)F)oc12. The maximum absolute atomic E-state index is 14.1. The van der Waals surface area contributed by atoms with Gasteiger partial charge < -0.3 is 19.2 Å². The van der Waals surface area contributed by atoms with Gasteiger partial charge in [-0.3, -0.25) is 4.79 Å². The number of halogens is 3. The third-order valence-electron chi connectivity index (χ3n) is 6.17. The van der Waals surface area contributed by atoms with Gasteiger partial charge in [0.1, 0.15) is 18.0 Å². The van der Waals surface area contributed by atoms with Gasteiger partial charge in [-0.2, -0.15) is 13.2 Å². The number of fused-ring (bicyclic) bond motifs is 1. The van der Waals surface area contributed by atoms with Crippen LogP contribution in [0.1, 0.15) is 38.0 Å². The van der Waals surface area contributed by atoms with Crippen LogP contribution in [0, 0.1) is 0 Å². The highest BCUT2D eigenvalue weighted by molar-refractivity contribution is 5.83. The Kier molecular flexibility index (Phi) is 7.88. The molecule has 0 radical (unpaired) electrons. The fourth-order valence-corrected chi connectivity index (χ4v) is 4.46. The number of rotatable bonds is 9. The highest BCUT2D eigenvalue weighted by Gasteiger charge is 2.41. The van der Waals surface area contributed by atoms with Crippen LogP contribution in [0.5, 0.6) is 17.2 Å². The zero-order valence-electron chi connectivity index (χ0n) is 20.7. The molecule has 37 heavy (non-hydrogen) atoms. The molecule has 0 aliphatic heterocycles. The first-order chi connectivity index (χ1) is 17.7. The van der Waals surface area contributed by atoms with Crippen LogP contribution in [0.2, 0.25) is 0 Å². The number of phenolic OH excluding ortho intramolecular Hbond substituents is 1. The summed E-state index contributed by atoms with van der Waals surface area (Å²) in [6, 6.07) is 18.5. The van der Waals surface area contributed by atoms with Gasteiger partial charge in [0.05, 0.1) is 24.0 Å². The van der Waals surface area contributed by atoms with Crippen LogP contribution >= 0.6 is 0 Å². The molecular weight excluding hydrogens is 483 g/mol. The quantitative estimate of drug-likeness (QED) is 0.281. The number of aromatic hydroxyl groups is 1. The van der Waals surface area contributed by atoms with Crippen molar-refractivity contribution >= 4 is 11.0 Å². The third kappa shape index (κ3) is 5.80. The van der Waals surface area contributed by atoms with Crippen molar-refractivity contribution in [1.82, 2.24) is 0 Å². The normalized spacial score (nSPS) is 11.8. The average Bonchev–Trinajstić information content (AvgIpc) is 2.87. The predicted molar refractivity (Wildman–Crippen MR) is 136 cm³/mol. The molecule has 0 bridgehead atoms. The van der Waals surface area contributed by atoms with E-state index in [0.717, 1.165) is 42.0 Å². The minimum Gasteiger partial charge on any atom is -0.507 e. The van der Waals surface area contributed by atoms with E-state index in [1.807, 2.05) is 44.2 Å². The molecule has 2 N–H and O–H groups in total. The van der Waals surface area contributed by atoms with E-state index in [0.29, 0.717) is 0 Å². The molecule has 4 rings (SSSR count). The van der Waals surface area contributed by atoms with Gasteiger partial charge in [0.15, 0.2) is 5.58 Å². The van der Waals surface area contributed by atoms with Gasteiger partial charge in [-0.05, 0) is 48.2 Å². The van der Waals surface area contributed by atoms with Crippen molar-refractivity contribution in [2.45, 2.75) is 39.4 Å². The average molecular weight is 513 g/mol. The maximum atomic E-state index is 14.1. The van der Waals surface area contributed by atoms with Gasteiger partial charge in [0.2, 0.25) is 11.2 Å². The molecule has 0 spiro atoms. The number of alkyl halides is 3. The molecular formula is C29H29F3NO4+. The van der Waals surface area contributed by atoms with Gasteiger partial charge in [-0.1, -0.05) is 56.3 Å². The lowest BCUT2D eigenvalue weighted by atomic mass is 10.1. The predicted octanol–water partition coefficient (Wildman–Crippen LogP) is 6.18. The zero-order valence-corrected chi connectivity index (χ0v) is 20.7. The standard InChI is InChI=1S/C29H28F3NO4/c1-3-16-33(17-4-2)18-23-24(34)15-14-22-25(35)27(28(29(30,31)32)37-26(22)23)36-21-12-10-20(11-13-21)19-8-6-5-7-9-19/h5-15,34H,3-4,16-18H2,1-2H3/p+1. The summed E-state index contributed by atoms with van der Waals surface area (Å²) in [6.45, 7) is 5.78. The Balaban J connectivity index is 1.79. The summed E-state index contributed by atoms with van der Waals surface area (Å²) < 4.78 is 53.2. The fourth-order valence-electron chi connectivity index (χ4n) is 4.46. The summed E-state index contributed by atoms with van der Waals surface area (Å²) in [5.74, 6) is -2.61. The van der Waals surface area contributed by atoms with E-state index in [1.165, 1.54) is 24.3 Å². The Morgan fingerprint density at radius 3 is 2.11 bits per heavy atom. The minimum atomic E-state index is -4.99. The number of hydrogen-bond acceptors (Lipinski definition) is 4. The summed E-state index contributed by atoms with van der Waals surface area (Å²) in [5, 5.41) is 10.4. The first-order valence-electron chi connectivity index (χ1n) is 12.3.